The summed E-state index contributed by atoms with van der Waals surface area (Å²) in [6.45, 7) is 0. The number of benzene rings is 2. The maximum Gasteiger partial charge on any atom is 0.0603 e. The molecule has 0 saturated heterocycles. The SMILES string of the molecule is CNC(c1ccc(Cl)cc1Cl)c1csc2c(Br)cccc12. The molecule has 0 fully saturated rings. The van der Waals surface area contributed by atoms with Gasteiger partial charge < -0.3 is 5.32 Å². The maximum atomic E-state index is 6.37. The van der Waals surface area contributed by atoms with Crippen molar-refractivity contribution in [1.82, 2.24) is 5.32 Å². The average molecular weight is 401 g/mol. The van der Waals surface area contributed by atoms with E-state index < -0.39 is 0 Å². The highest BCUT2D eigenvalue weighted by Gasteiger charge is 2.19. The molecule has 0 aliphatic carbocycles. The Labute approximate surface area is 146 Å². The molecule has 0 aliphatic rings. The summed E-state index contributed by atoms with van der Waals surface area (Å²) < 4.78 is 2.37. The molecule has 1 heterocycles. The Morgan fingerprint density at radius 1 is 1.14 bits per heavy atom. The number of hydrogen-bond acceptors (Lipinski definition) is 2. The summed E-state index contributed by atoms with van der Waals surface area (Å²) in [6, 6.07) is 11.9. The predicted octanol–water partition coefficient (Wildman–Crippen LogP) is 6.28. The van der Waals surface area contributed by atoms with Gasteiger partial charge in [0.25, 0.3) is 0 Å². The second-order valence-corrected chi connectivity index (χ2v) is 7.27. The first kappa shape index (κ1) is 15.3. The standard InChI is InChI=1S/C16H12BrCl2NS/c1-20-15(11-6-5-9(18)7-14(11)19)12-8-21-16-10(12)3-2-4-13(16)17/h2-8,15,20H,1H3. The molecule has 5 heteroatoms. The molecule has 1 aromatic heterocycles. The molecule has 1 N–H and O–H groups in total. The van der Waals surface area contributed by atoms with E-state index in [2.05, 4.69) is 44.8 Å². The number of thiophene rings is 1. The van der Waals surface area contributed by atoms with Gasteiger partial charge in [0.1, 0.15) is 0 Å². The summed E-state index contributed by atoms with van der Waals surface area (Å²) in [6.07, 6.45) is 0. The van der Waals surface area contributed by atoms with E-state index in [-0.39, 0.29) is 6.04 Å². The zero-order chi connectivity index (χ0) is 15.0. The molecular formula is C16H12BrCl2NS. The maximum absolute atomic E-state index is 6.37. The fraction of sp³-hybridized carbons (Fsp3) is 0.125. The van der Waals surface area contributed by atoms with Gasteiger partial charge in [-0.15, -0.1) is 11.3 Å². The molecule has 0 bridgehead atoms. The van der Waals surface area contributed by atoms with Crippen LogP contribution in [0.25, 0.3) is 10.1 Å². The highest BCUT2D eigenvalue weighted by atomic mass is 79.9. The van der Waals surface area contributed by atoms with Crippen molar-refractivity contribution in [2.75, 3.05) is 7.05 Å². The number of nitrogens with one attached hydrogen (secondary N) is 1. The van der Waals surface area contributed by atoms with E-state index >= 15 is 0 Å². The molecule has 2 aromatic carbocycles. The molecule has 0 radical (unpaired) electrons. The van der Waals surface area contributed by atoms with Gasteiger partial charge in [0, 0.05) is 19.2 Å². The van der Waals surface area contributed by atoms with Crippen molar-refractivity contribution in [3.63, 3.8) is 0 Å². The Hall–Kier alpha value is -0.580. The van der Waals surface area contributed by atoms with Gasteiger partial charge in [0.2, 0.25) is 0 Å². The van der Waals surface area contributed by atoms with Gasteiger partial charge in [0.15, 0.2) is 0 Å². The molecule has 0 aliphatic heterocycles. The van der Waals surface area contributed by atoms with Crippen molar-refractivity contribution < 1.29 is 0 Å². The number of halogens is 3. The van der Waals surface area contributed by atoms with Gasteiger partial charge in [-0.3, -0.25) is 0 Å². The Bertz CT molecular complexity index is 800. The summed E-state index contributed by atoms with van der Waals surface area (Å²) in [4.78, 5) is 0. The lowest BCUT2D eigenvalue weighted by Gasteiger charge is -2.18. The Kier molecular flexibility index (Phi) is 4.57. The third-order valence-corrected chi connectivity index (χ3v) is 5.99. The molecular weight excluding hydrogens is 389 g/mol. The summed E-state index contributed by atoms with van der Waals surface area (Å²) >= 11 is 17.7. The van der Waals surface area contributed by atoms with Crippen LogP contribution in [0.5, 0.6) is 0 Å². The van der Waals surface area contributed by atoms with Crippen molar-refractivity contribution in [2.45, 2.75) is 6.04 Å². The molecule has 1 unspecified atom stereocenters. The zero-order valence-corrected chi connectivity index (χ0v) is 15.1. The lowest BCUT2D eigenvalue weighted by atomic mass is 9.98. The number of fused-ring (bicyclic) bond motifs is 1. The van der Waals surface area contributed by atoms with Crippen LogP contribution in [0.3, 0.4) is 0 Å². The second kappa shape index (κ2) is 6.27. The van der Waals surface area contributed by atoms with Crippen LogP contribution in [0.2, 0.25) is 10.0 Å². The van der Waals surface area contributed by atoms with Gasteiger partial charge in [-0.1, -0.05) is 41.4 Å². The van der Waals surface area contributed by atoms with Crippen LogP contribution in [-0.4, -0.2) is 7.05 Å². The van der Waals surface area contributed by atoms with Crippen LogP contribution in [0.1, 0.15) is 17.2 Å². The van der Waals surface area contributed by atoms with Crippen molar-refractivity contribution in [3.05, 3.63) is 67.4 Å². The van der Waals surface area contributed by atoms with Crippen LogP contribution in [0.4, 0.5) is 0 Å². The van der Waals surface area contributed by atoms with E-state index in [1.54, 1.807) is 17.4 Å². The van der Waals surface area contributed by atoms with Crippen LogP contribution in [0, 0.1) is 0 Å². The van der Waals surface area contributed by atoms with Crippen LogP contribution < -0.4 is 5.32 Å². The lowest BCUT2D eigenvalue weighted by molar-refractivity contribution is 0.699. The van der Waals surface area contributed by atoms with Crippen molar-refractivity contribution >= 4 is 60.6 Å². The quantitative estimate of drug-likeness (QED) is 0.545. The lowest BCUT2D eigenvalue weighted by Crippen LogP contribution is -2.17. The van der Waals surface area contributed by atoms with Crippen molar-refractivity contribution in [1.29, 1.82) is 0 Å². The molecule has 1 atom stereocenters. The zero-order valence-electron chi connectivity index (χ0n) is 11.2. The van der Waals surface area contributed by atoms with E-state index in [0.717, 1.165) is 10.0 Å². The van der Waals surface area contributed by atoms with Crippen LogP contribution >= 0.6 is 50.5 Å². The largest absolute Gasteiger partial charge is 0.309 e. The third kappa shape index (κ3) is 2.86. The van der Waals surface area contributed by atoms with E-state index in [9.17, 15) is 0 Å². The van der Waals surface area contributed by atoms with Crippen LogP contribution in [-0.2, 0) is 0 Å². The van der Waals surface area contributed by atoms with Gasteiger partial charge in [-0.25, -0.2) is 0 Å². The topological polar surface area (TPSA) is 12.0 Å². The van der Waals surface area contributed by atoms with Gasteiger partial charge in [-0.2, -0.15) is 0 Å². The van der Waals surface area contributed by atoms with E-state index in [0.29, 0.717) is 10.0 Å². The first-order valence-corrected chi connectivity index (χ1v) is 8.82. The molecule has 0 amide bonds. The monoisotopic (exact) mass is 399 g/mol. The average Bonchev–Trinajstić information content (AvgIpc) is 2.87. The minimum atomic E-state index is 0.0396. The predicted molar refractivity (Wildman–Crippen MR) is 96.9 cm³/mol. The van der Waals surface area contributed by atoms with Gasteiger partial charge in [-0.05, 0) is 63.1 Å². The van der Waals surface area contributed by atoms with E-state index in [1.165, 1.54) is 15.6 Å². The Balaban J connectivity index is 2.16. The minimum absolute atomic E-state index is 0.0396. The second-order valence-electron chi connectivity index (χ2n) is 4.70. The van der Waals surface area contributed by atoms with Gasteiger partial charge >= 0.3 is 0 Å². The number of hydrogen-bond donors (Lipinski definition) is 1. The fourth-order valence-electron chi connectivity index (χ4n) is 2.48. The number of rotatable bonds is 3. The molecule has 1 nitrogen and oxygen atoms in total. The summed E-state index contributed by atoms with van der Waals surface area (Å²) in [7, 11) is 1.94. The third-order valence-electron chi connectivity index (χ3n) is 3.45. The molecule has 3 rings (SSSR count). The van der Waals surface area contributed by atoms with Crippen molar-refractivity contribution in [3.8, 4) is 0 Å². The van der Waals surface area contributed by atoms with Gasteiger partial charge in [0.05, 0.1) is 6.04 Å². The van der Waals surface area contributed by atoms with E-state index in [1.807, 2.05) is 19.2 Å². The summed E-state index contributed by atoms with van der Waals surface area (Å²) in [5.41, 5.74) is 2.26. The van der Waals surface area contributed by atoms with Crippen LogP contribution in [0.15, 0.2) is 46.3 Å². The molecule has 3 aromatic rings. The fourth-order valence-corrected chi connectivity index (χ4v) is 4.65. The van der Waals surface area contributed by atoms with E-state index in [4.69, 9.17) is 23.2 Å². The smallest absolute Gasteiger partial charge is 0.0603 e. The Morgan fingerprint density at radius 2 is 1.95 bits per heavy atom. The highest BCUT2D eigenvalue weighted by molar-refractivity contribution is 9.10. The normalized spacial score (nSPS) is 12.8. The first-order valence-electron chi connectivity index (χ1n) is 6.39. The summed E-state index contributed by atoms with van der Waals surface area (Å²) in [5, 5.41) is 8.10. The molecule has 21 heavy (non-hydrogen) atoms. The molecule has 108 valence electrons. The highest BCUT2D eigenvalue weighted by Crippen LogP contribution is 2.39. The minimum Gasteiger partial charge on any atom is -0.309 e. The van der Waals surface area contributed by atoms with Crippen molar-refractivity contribution in [2.24, 2.45) is 0 Å². The molecule has 0 spiro atoms. The molecule has 0 saturated carbocycles. The first-order chi connectivity index (χ1) is 10.1. The Morgan fingerprint density at radius 3 is 2.67 bits per heavy atom. The summed E-state index contributed by atoms with van der Waals surface area (Å²) in [5.74, 6) is 0.